The standard InChI is InChI=1S/C12H15N3O2/c1-16-9-11-8-15(4-5-17-11)12-7-14-3-2-10(12)6-13/h2-3,7,11H,4-5,8-9H2,1H3. The predicted molar refractivity (Wildman–Crippen MR) is 62.8 cm³/mol. The molecule has 90 valence electrons. The molecule has 1 aromatic heterocycles. The third-order valence-electron chi connectivity index (χ3n) is 2.75. The van der Waals surface area contributed by atoms with E-state index in [0.29, 0.717) is 18.8 Å². The molecule has 1 aliphatic rings. The molecule has 0 bridgehead atoms. The average Bonchev–Trinajstić information content (AvgIpc) is 2.39. The minimum atomic E-state index is 0.0560. The van der Waals surface area contributed by atoms with E-state index >= 15 is 0 Å². The van der Waals surface area contributed by atoms with Gasteiger partial charge in [-0.1, -0.05) is 0 Å². The SMILES string of the molecule is COCC1CN(c2cnccc2C#N)CCO1. The summed E-state index contributed by atoms with van der Waals surface area (Å²) in [5.74, 6) is 0. The lowest BCUT2D eigenvalue weighted by molar-refractivity contribution is -0.0100. The van der Waals surface area contributed by atoms with Crippen LogP contribution in [0.15, 0.2) is 18.5 Å². The van der Waals surface area contributed by atoms with E-state index in [1.54, 1.807) is 25.6 Å². The summed E-state index contributed by atoms with van der Waals surface area (Å²) in [4.78, 5) is 6.20. The highest BCUT2D eigenvalue weighted by Crippen LogP contribution is 2.20. The zero-order valence-electron chi connectivity index (χ0n) is 9.80. The molecule has 17 heavy (non-hydrogen) atoms. The largest absolute Gasteiger partial charge is 0.382 e. The lowest BCUT2D eigenvalue weighted by Gasteiger charge is -2.34. The number of rotatable bonds is 3. The van der Waals surface area contributed by atoms with Crippen molar-refractivity contribution in [2.45, 2.75) is 6.10 Å². The molecule has 1 unspecified atom stereocenters. The fourth-order valence-electron chi connectivity index (χ4n) is 1.96. The first kappa shape index (κ1) is 11.8. The van der Waals surface area contributed by atoms with E-state index < -0.39 is 0 Å². The Morgan fingerprint density at radius 1 is 1.71 bits per heavy atom. The number of hydrogen-bond acceptors (Lipinski definition) is 5. The molecule has 0 N–H and O–H groups in total. The molecular weight excluding hydrogens is 218 g/mol. The van der Waals surface area contributed by atoms with Crippen molar-refractivity contribution < 1.29 is 9.47 Å². The van der Waals surface area contributed by atoms with Crippen molar-refractivity contribution >= 4 is 5.69 Å². The average molecular weight is 233 g/mol. The van der Waals surface area contributed by atoms with Gasteiger partial charge >= 0.3 is 0 Å². The Balaban J connectivity index is 2.14. The van der Waals surface area contributed by atoms with E-state index in [4.69, 9.17) is 14.7 Å². The van der Waals surface area contributed by atoms with Gasteiger partial charge in [-0.05, 0) is 6.07 Å². The first-order valence-corrected chi connectivity index (χ1v) is 5.54. The molecule has 2 rings (SSSR count). The Hall–Kier alpha value is -1.64. The van der Waals surface area contributed by atoms with E-state index in [0.717, 1.165) is 18.8 Å². The van der Waals surface area contributed by atoms with Gasteiger partial charge in [0.1, 0.15) is 6.07 Å². The van der Waals surface area contributed by atoms with Crippen molar-refractivity contribution in [2.24, 2.45) is 0 Å². The van der Waals surface area contributed by atoms with Gasteiger partial charge in [0.15, 0.2) is 0 Å². The Bertz CT molecular complexity index is 414. The van der Waals surface area contributed by atoms with Crippen molar-refractivity contribution in [3.63, 3.8) is 0 Å². The molecule has 0 aliphatic carbocycles. The van der Waals surface area contributed by atoms with Crippen LogP contribution < -0.4 is 4.90 Å². The summed E-state index contributed by atoms with van der Waals surface area (Å²) >= 11 is 0. The highest BCUT2D eigenvalue weighted by atomic mass is 16.5. The quantitative estimate of drug-likeness (QED) is 0.773. The summed E-state index contributed by atoms with van der Waals surface area (Å²) in [5, 5.41) is 9.06. The zero-order chi connectivity index (χ0) is 12.1. The van der Waals surface area contributed by atoms with Crippen LogP contribution in [0.4, 0.5) is 5.69 Å². The highest BCUT2D eigenvalue weighted by molar-refractivity contribution is 5.57. The maximum Gasteiger partial charge on any atom is 0.101 e. The summed E-state index contributed by atoms with van der Waals surface area (Å²) in [6, 6.07) is 3.92. The third-order valence-corrected chi connectivity index (χ3v) is 2.75. The Morgan fingerprint density at radius 2 is 2.59 bits per heavy atom. The van der Waals surface area contributed by atoms with E-state index in [-0.39, 0.29) is 6.10 Å². The van der Waals surface area contributed by atoms with Gasteiger partial charge in [-0.25, -0.2) is 0 Å². The van der Waals surface area contributed by atoms with Crippen LogP contribution >= 0.6 is 0 Å². The summed E-state index contributed by atoms with van der Waals surface area (Å²) in [7, 11) is 1.66. The number of hydrogen-bond donors (Lipinski definition) is 0. The summed E-state index contributed by atoms with van der Waals surface area (Å²) < 4.78 is 10.7. The topological polar surface area (TPSA) is 58.4 Å². The monoisotopic (exact) mass is 233 g/mol. The summed E-state index contributed by atoms with van der Waals surface area (Å²) in [6.45, 7) is 2.72. The van der Waals surface area contributed by atoms with Crippen LogP contribution in [0.25, 0.3) is 0 Å². The van der Waals surface area contributed by atoms with E-state index in [9.17, 15) is 0 Å². The number of pyridine rings is 1. The normalized spacial score (nSPS) is 20.0. The summed E-state index contributed by atoms with van der Waals surface area (Å²) in [6.07, 6.45) is 3.42. The molecule has 0 aromatic carbocycles. The second kappa shape index (κ2) is 5.62. The number of aromatic nitrogens is 1. The molecule has 0 saturated carbocycles. The Kier molecular flexibility index (Phi) is 3.91. The van der Waals surface area contributed by atoms with Crippen LogP contribution in [-0.4, -0.2) is 44.5 Å². The molecule has 1 atom stereocenters. The third kappa shape index (κ3) is 2.73. The number of ether oxygens (including phenoxy) is 2. The maximum absolute atomic E-state index is 9.06. The highest BCUT2D eigenvalue weighted by Gasteiger charge is 2.22. The number of nitriles is 1. The van der Waals surface area contributed by atoms with Gasteiger partial charge in [0.25, 0.3) is 0 Å². The molecular formula is C12H15N3O2. The molecule has 5 heteroatoms. The van der Waals surface area contributed by atoms with Crippen molar-refractivity contribution in [1.29, 1.82) is 5.26 Å². The lowest BCUT2D eigenvalue weighted by atomic mass is 10.2. The minimum Gasteiger partial charge on any atom is -0.382 e. The fraction of sp³-hybridized carbons (Fsp3) is 0.500. The van der Waals surface area contributed by atoms with Crippen molar-refractivity contribution in [3.05, 3.63) is 24.0 Å². The number of nitrogens with zero attached hydrogens (tertiary/aromatic N) is 3. The second-order valence-corrected chi connectivity index (χ2v) is 3.90. The number of morpholine rings is 1. The Morgan fingerprint density at radius 3 is 3.35 bits per heavy atom. The van der Waals surface area contributed by atoms with Gasteiger partial charge in [0.05, 0.1) is 36.8 Å². The first-order valence-electron chi connectivity index (χ1n) is 5.54. The zero-order valence-corrected chi connectivity index (χ0v) is 9.80. The smallest absolute Gasteiger partial charge is 0.101 e. The van der Waals surface area contributed by atoms with E-state index in [1.807, 2.05) is 0 Å². The molecule has 1 aromatic rings. The number of anilines is 1. The van der Waals surface area contributed by atoms with Gasteiger partial charge in [-0.15, -0.1) is 0 Å². The molecule has 1 aliphatic heterocycles. The van der Waals surface area contributed by atoms with Gasteiger partial charge in [-0.3, -0.25) is 4.98 Å². The van der Waals surface area contributed by atoms with Crippen molar-refractivity contribution in [1.82, 2.24) is 4.98 Å². The maximum atomic E-state index is 9.06. The predicted octanol–water partition coefficient (Wildman–Crippen LogP) is 0.805. The van der Waals surface area contributed by atoms with Gasteiger partial charge in [0.2, 0.25) is 0 Å². The van der Waals surface area contributed by atoms with Crippen molar-refractivity contribution in [3.8, 4) is 6.07 Å². The number of methoxy groups -OCH3 is 1. The second-order valence-electron chi connectivity index (χ2n) is 3.90. The molecule has 2 heterocycles. The van der Waals surface area contributed by atoms with Crippen LogP contribution in [0, 0.1) is 11.3 Å². The van der Waals surface area contributed by atoms with Crippen molar-refractivity contribution in [2.75, 3.05) is 38.3 Å². The van der Waals surface area contributed by atoms with Crippen LogP contribution in [-0.2, 0) is 9.47 Å². The van der Waals surface area contributed by atoms with Gasteiger partial charge in [-0.2, -0.15) is 5.26 Å². The van der Waals surface area contributed by atoms with Gasteiger partial charge < -0.3 is 14.4 Å². The van der Waals surface area contributed by atoms with Gasteiger partial charge in [0, 0.05) is 26.4 Å². The molecule has 5 nitrogen and oxygen atoms in total. The first-order chi connectivity index (χ1) is 8.35. The molecule has 1 saturated heterocycles. The van der Waals surface area contributed by atoms with Crippen LogP contribution in [0.3, 0.4) is 0 Å². The molecule has 0 radical (unpaired) electrons. The molecule has 0 amide bonds. The van der Waals surface area contributed by atoms with Crippen LogP contribution in [0.5, 0.6) is 0 Å². The van der Waals surface area contributed by atoms with Crippen LogP contribution in [0.1, 0.15) is 5.56 Å². The molecule has 0 spiro atoms. The lowest BCUT2D eigenvalue weighted by Crippen LogP contribution is -2.44. The minimum absolute atomic E-state index is 0.0560. The van der Waals surface area contributed by atoms with E-state index in [1.165, 1.54) is 0 Å². The van der Waals surface area contributed by atoms with Crippen LogP contribution in [0.2, 0.25) is 0 Å². The van der Waals surface area contributed by atoms with E-state index in [2.05, 4.69) is 16.0 Å². The summed E-state index contributed by atoms with van der Waals surface area (Å²) in [5.41, 5.74) is 1.53. The fourth-order valence-corrected chi connectivity index (χ4v) is 1.96. The Labute approximate surface area is 101 Å². The molecule has 1 fully saturated rings.